The highest BCUT2D eigenvalue weighted by atomic mass is 16.2. The first-order chi connectivity index (χ1) is 10.6. The molecular weight excluding hydrogens is 280 g/mol. The lowest BCUT2D eigenvalue weighted by Gasteiger charge is -2.30. The minimum atomic E-state index is -0.0675. The van der Waals surface area contributed by atoms with Crippen LogP contribution in [0.2, 0.25) is 0 Å². The maximum atomic E-state index is 12.6. The quantitative estimate of drug-likeness (QED) is 0.894. The smallest absolute Gasteiger partial charge is 0.255 e. The van der Waals surface area contributed by atoms with Crippen molar-refractivity contribution >= 4 is 11.8 Å². The molecule has 1 aliphatic heterocycles. The molecule has 1 aliphatic carbocycles. The van der Waals surface area contributed by atoms with Gasteiger partial charge in [0, 0.05) is 32.0 Å². The molecule has 3 rings (SSSR count). The van der Waals surface area contributed by atoms with Crippen LogP contribution < -0.4 is 5.32 Å². The van der Waals surface area contributed by atoms with Gasteiger partial charge in [0.2, 0.25) is 5.91 Å². The van der Waals surface area contributed by atoms with Gasteiger partial charge in [-0.2, -0.15) is 5.10 Å². The van der Waals surface area contributed by atoms with Crippen molar-refractivity contribution in [2.75, 3.05) is 13.6 Å². The number of carbonyl (C=O) groups excluding carboxylic acids is 2. The first-order valence-electron chi connectivity index (χ1n) is 8.23. The summed E-state index contributed by atoms with van der Waals surface area (Å²) in [5.74, 6) is 0.506. The van der Waals surface area contributed by atoms with E-state index in [2.05, 4.69) is 15.5 Å². The Morgan fingerprint density at radius 2 is 2.09 bits per heavy atom. The van der Waals surface area contributed by atoms with Crippen molar-refractivity contribution in [2.45, 2.75) is 56.9 Å². The number of hydrogen-bond acceptors (Lipinski definition) is 3. The zero-order chi connectivity index (χ0) is 15.5. The molecule has 1 atom stereocenters. The summed E-state index contributed by atoms with van der Waals surface area (Å²) in [6.45, 7) is 0.585. The number of aromatic nitrogens is 2. The number of nitrogens with one attached hydrogen (secondary N) is 2. The third-order valence-electron chi connectivity index (χ3n) is 4.89. The Kier molecular flexibility index (Phi) is 4.45. The second-order valence-corrected chi connectivity index (χ2v) is 6.52. The van der Waals surface area contributed by atoms with Crippen LogP contribution >= 0.6 is 0 Å². The van der Waals surface area contributed by atoms with E-state index in [-0.39, 0.29) is 17.9 Å². The summed E-state index contributed by atoms with van der Waals surface area (Å²) < 4.78 is 0. The predicted molar refractivity (Wildman–Crippen MR) is 82.5 cm³/mol. The van der Waals surface area contributed by atoms with Gasteiger partial charge in [-0.3, -0.25) is 14.7 Å². The van der Waals surface area contributed by atoms with Gasteiger partial charge >= 0.3 is 0 Å². The van der Waals surface area contributed by atoms with E-state index in [0.29, 0.717) is 30.9 Å². The van der Waals surface area contributed by atoms with E-state index >= 15 is 0 Å². The third kappa shape index (κ3) is 3.15. The van der Waals surface area contributed by atoms with Crippen molar-refractivity contribution in [3.8, 4) is 0 Å². The number of carbonyl (C=O) groups is 2. The minimum Gasteiger partial charge on any atom is -0.347 e. The molecule has 2 aliphatic rings. The first-order valence-corrected chi connectivity index (χ1v) is 8.23. The third-order valence-corrected chi connectivity index (χ3v) is 4.89. The molecule has 22 heavy (non-hydrogen) atoms. The summed E-state index contributed by atoms with van der Waals surface area (Å²) in [6, 6.07) is 0.0318. The Morgan fingerprint density at radius 1 is 1.32 bits per heavy atom. The number of aromatic amines is 1. The molecular formula is C16H24N4O2. The van der Waals surface area contributed by atoms with Gasteiger partial charge < -0.3 is 10.2 Å². The summed E-state index contributed by atoms with van der Waals surface area (Å²) in [5.41, 5.74) is 1.66. The van der Waals surface area contributed by atoms with Crippen LogP contribution in [0.15, 0.2) is 6.20 Å². The molecule has 2 fully saturated rings. The van der Waals surface area contributed by atoms with Crippen LogP contribution in [0, 0.1) is 0 Å². The number of amides is 2. The molecule has 1 aromatic rings. The highest BCUT2D eigenvalue weighted by molar-refractivity contribution is 5.95. The van der Waals surface area contributed by atoms with Gasteiger partial charge in [-0.25, -0.2) is 0 Å². The van der Waals surface area contributed by atoms with E-state index in [1.807, 2.05) is 0 Å². The molecule has 0 radical (unpaired) electrons. The minimum absolute atomic E-state index is 0.0318. The standard InChI is InChI=1S/C16H24N4O2/c1-20-10-12(7-8-14(20)21)18-16(22)13-9-17-19-15(13)11-5-3-2-4-6-11/h9,11-12H,2-8,10H2,1H3,(H,17,19)(H,18,22). The van der Waals surface area contributed by atoms with Crippen LogP contribution in [-0.4, -0.2) is 46.5 Å². The average Bonchev–Trinajstić information content (AvgIpc) is 3.01. The molecule has 6 nitrogen and oxygen atoms in total. The summed E-state index contributed by atoms with van der Waals surface area (Å²) in [4.78, 5) is 25.8. The summed E-state index contributed by atoms with van der Waals surface area (Å²) in [6.07, 6.45) is 8.84. The highest BCUT2D eigenvalue weighted by Gasteiger charge is 2.27. The summed E-state index contributed by atoms with van der Waals surface area (Å²) in [7, 11) is 1.78. The largest absolute Gasteiger partial charge is 0.347 e. The molecule has 1 saturated heterocycles. The highest BCUT2D eigenvalue weighted by Crippen LogP contribution is 2.33. The molecule has 2 heterocycles. The van der Waals surface area contributed by atoms with E-state index in [1.54, 1.807) is 18.1 Å². The average molecular weight is 304 g/mol. The maximum Gasteiger partial charge on any atom is 0.255 e. The lowest BCUT2D eigenvalue weighted by Crippen LogP contribution is -2.48. The van der Waals surface area contributed by atoms with E-state index in [9.17, 15) is 9.59 Å². The fourth-order valence-corrected chi connectivity index (χ4v) is 3.57. The van der Waals surface area contributed by atoms with E-state index in [1.165, 1.54) is 19.3 Å². The van der Waals surface area contributed by atoms with E-state index in [4.69, 9.17) is 0 Å². The number of likely N-dealkylation sites (tertiary alicyclic amines) is 1. The molecule has 0 spiro atoms. The van der Waals surface area contributed by atoms with Crippen LogP contribution in [0.25, 0.3) is 0 Å². The fraction of sp³-hybridized carbons (Fsp3) is 0.688. The van der Waals surface area contributed by atoms with Gasteiger partial charge in [0.05, 0.1) is 17.5 Å². The van der Waals surface area contributed by atoms with E-state index < -0.39 is 0 Å². The van der Waals surface area contributed by atoms with E-state index in [0.717, 1.165) is 18.5 Å². The van der Waals surface area contributed by atoms with Crippen molar-refractivity contribution in [3.05, 3.63) is 17.5 Å². The Morgan fingerprint density at radius 3 is 2.82 bits per heavy atom. The fourth-order valence-electron chi connectivity index (χ4n) is 3.57. The summed E-state index contributed by atoms with van der Waals surface area (Å²) >= 11 is 0. The molecule has 2 N–H and O–H groups in total. The van der Waals surface area contributed by atoms with Gasteiger partial charge in [0.15, 0.2) is 0 Å². The van der Waals surface area contributed by atoms with Gasteiger partial charge in [0.1, 0.15) is 0 Å². The molecule has 0 aromatic carbocycles. The lowest BCUT2D eigenvalue weighted by atomic mass is 9.85. The predicted octanol–water partition coefficient (Wildman–Crippen LogP) is 1.81. The molecule has 2 amide bonds. The lowest BCUT2D eigenvalue weighted by molar-refractivity contribution is -0.132. The van der Waals surface area contributed by atoms with Gasteiger partial charge in [-0.15, -0.1) is 0 Å². The van der Waals surface area contributed by atoms with Crippen molar-refractivity contribution < 1.29 is 9.59 Å². The molecule has 1 aromatic heterocycles. The molecule has 1 saturated carbocycles. The zero-order valence-electron chi connectivity index (χ0n) is 13.1. The van der Waals surface area contributed by atoms with Gasteiger partial charge in [0.25, 0.3) is 5.91 Å². The topological polar surface area (TPSA) is 78.1 Å². The number of rotatable bonds is 3. The maximum absolute atomic E-state index is 12.6. The number of H-pyrrole nitrogens is 1. The Balaban J connectivity index is 1.65. The number of nitrogens with zero attached hydrogens (tertiary/aromatic N) is 2. The van der Waals surface area contributed by atoms with Crippen LogP contribution in [0.4, 0.5) is 0 Å². The molecule has 1 unspecified atom stereocenters. The Hall–Kier alpha value is -1.85. The molecule has 6 heteroatoms. The van der Waals surface area contributed by atoms with Crippen LogP contribution in [0.5, 0.6) is 0 Å². The normalized spacial score (nSPS) is 23.6. The van der Waals surface area contributed by atoms with Crippen molar-refractivity contribution in [1.29, 1.82) is 0 Å². The molecule has 0 bridgehead atoms. The van der Waals surface area contributed by atoms with Crippen molar-refractivity contribution in [1.82, 2.24) is 20.4 Å². The summed E-state index contributed by atoms with van der Waals surface area (Å²) in [5, 5.41) is 10.2. The van der Waals surface area contributed by atoms with Crippen LogP contribution in [-0.2, 0) is 4.79 Å². The van der Waals surface area contributed by atoms with Crippen LogP contribution in [0.1, 0.15) is 66.9 Å². The Bertz CT molecular complexity index is 548. The molecule has 120 valence electrons. The van der Waals surface area contributed by atoms with Crippen molar-refractivity contribution in [2.24, 2.45) is 0 Å². The number of piperidine rings is 1. The SMILES string of the molecule is CN1CC(NC(=O)c2cn[nH]c2C2CCCCC2)CCC1=O. The van der Waals surface area contributed by atoms with Gasteiger partial charge in [-0.05, 0) is 19.3 Å². The van der Waals surface area contributed by atoms with Crippen LogP contribution in [0.3, 0.4) is 0 Å². The number of likely N-dealkylation sites (N-methyl/N-ethyl adjacent to an activating group) is 1. The number of hydrogen-bond donors (Lipinski definition) is 2. The van der Waals surface area contributed by atoms with Gasteiger partial charge in [-0.1, -0.05) is 19.3 Å². The Labute approximate surface area is 130 Å². The van der Waals surface area contributed by atoms with Crippen molar-refractivity contribution in [3.63, 3.8) is 0 Å². The monoisotopic (exact) mass is 304 g/mol. The second-order valence-electron chi connectivity index (χ2n) is 6.52. The zero-order valence-corrected chi connectivity index (χ0v) is 13.1. The second kappa shape index (κ2) is 6.50. The first kappa shape index (κ1) is 15.1.